The van der Waals surface area contributed by atoms with Crippen molar-refractivity contribution >= 4 is 18.1 Å². The van der Waals surface area contributed by atoms with Gasteiger partial charge in [0, 0.05) is 25.0 Å². The topological polar surface area (TPSA) is 73.3 Å². The van der Waals surface area contributed by atoms with Crippen molar-refractivity contribution in [3.8, 4) is 17.2 Å². The summed E-state index contributed by atoms with van der Waals surface area (Å²) in [4.78, 5) is 20.9. The average Bonchev–Trinajstić information content (AvgIpc) is 2.88. The van der Waals surface area contributed by atoms with Crippen molar-refractivity contribution in [1.29, 1.82) is 0 Å². The molecule has 1 amide bonds. The molecule has 0 spiro atoms. The molecule has 0 aliphatic rings. The number of rotatable bonds is 8. The third kappa shape index (κ3) is 6.27. The molecular weight excluding hydrogens is 414 g/mol. The summed E-state index contributed by atoms with van der Waals surface area (Å²) in [6.45, 7) is 0.392. The minimum atomic E-state index is -0.272. The molecule has 0 saturated heterocycles. The van der Waals surface area contributed by atoms with E-state index in [0.29, 0.717) is 18.0 Å². The zero-order chi connectivity index (χ0) is 22.9. The Morgan fingerprint density at radius 1 is 0.848 bits per heavy atom. The van der Waals surface area contributed by atoms with Crippen LogP contribution in [-0.4, -0.2) is 23.0 Å². The van der Waals surface area contributed by atoms with E-state index >= 15 is 0 Å². The number of methoxy groups -OCH3 is 1. The monoisotopic (exact) mass is 437 g/mol. The third-order valence-corrected chi connectivity index (χ3v) is 4.83. The number of aromatic nitrogens is 2. The van der Waals surface area contributed by atoms with Crippen LogP contribution in [0.5, 0.6) is 17.2 Å². The van der Waals surface area contributed by atoms with Crippen LogP contribution in [-0.2, 0) is 6.54 Å². The highest BCUT2D eigenvalue weighted by atomic mass is 16.5. The molecule has 2 aromatic carbocycles. The molecule has 4 rings (SSSR count). The fraction of sp³-hybridized carbons (Fsp3) is 0.0741. The average molecular weight is 437 g/mol. The largest absolute Gasteiger partial charge is 0.497 e. The normalized spacial score (nSPS) is 10.7. The lowest BCUT2D eigenvalue weighted by atomic mass is 10.2. The maximum Gasteiger partial charge on any atom is 0.270 e. The number of carbonyl (C=O) groups excluding carboxylic acids is 1. The summed E-state index contributed by atoms with van der Waals surface area (Å²) in [6.07, 6.45) is 7.26. The van der Waals surface area contributed by atoms with Crippen LogP contribution in [0.1, 0.15) is 27.3 Å². The minimum Gasteiger partial charge on any atom is -0.497 e. The summed E-state index contributed by atoms with van der Waals surface area (Å²) >= 11 is 0. The maximum atomic E-state index is 12.5. The summed E-state index contributed by atoms with van der Waals surface area (Å²) in [7, 11) is 1.62. The second kappa shape index (κ2) is 10.7. The van der Waals surface area contributed by atoms with E-state index in [4.69, 9.17) is 9.47 Å². The van der Waals surface area contributed by atoms with Gasteiger partial charge in [0.2, 0.25) is 0 Å². The van der Waals surface area contributed by atoms with Gasteiger partial charge in [-0.1, -0.05) is 36.4 Å². The van der Waals surface area contributed by atoms with Crippen LogP contribution in [0.25, 0.3) is 12.2 Å². The second-order valence-corrected chi connectivity index (χ2v) is 7.17. The Morgan fingerprint density at radius 3 is 2.36 bits per heavy atom. The van der Waals surface area contributed by atoms with Crippen molar-refractivity contribution in [3.63, 3.8) is 0 Å². The molecule has 0 atom stereocenters. The molecular formula is C27H23N3O3. The summed E-state index contributed by atoms with van der Waals surface area (Å²) in [5.74, 6) is 1.71. The number of amides is 1. The Kier molecular flexibility index (Phi) is 7.08. The lowest BCUT2D eigenvalue weighted by molar-refractivity contribution is 0.0945. The van der Waals surface area contributed by atoms with Crippen LogP contribution in [0.3, 0.4) is 0 Å². The van der Waals surface area contributed by atoms with Crippen LogP contribution in [0.2, 0.25) is 0 Å². The van der Waals surface area contributed by atoms with Gasteiger partial charge in [0.1, 0.15) is 22.9 Å². The highest BCUT2D eigenvalue weighted by Crippen LogP contribution is 2.22. The minimum absolute atomic E-state index is 0.272. The third-order valence-electron chi connectivity index (χ3n) is 4.83. The molecule has 0 fully saturated rings. The number of ether oxygens (including phenoxy) is 2. The van der Waals surface area contributed by atoms with Crippen LogP contribution in [0.15, 0.2) is 91.3 Å². The van der Waals surface area contributed by atoms with E-state index in [2.05, 4.69) is 15.3 Å². The first-order chi connectivity index (χ1) is 16.2. The quantitative estimate of drug-likeness (QED) is 0.401. The maximum absolute atomic E-state index is 12.5. The van der Waals surface area contributed by atoms with E-state index in [1.165, 1.54) is 0 Å². The highest BCUT2D eigenvalue weighted by Gasteiger charge is 2.09. The van der Waals surface area contributed by atoms with Crippen LogP contribution >= 0.6 is 0 Å². The lowest BCUT2D eigenvalue weighted by Gasteiger charge is -2.09. The molecule has 4 aromatic rings. The van der Waals surface area contributed by atoms with E-state index in [1.54, 1.807) is 31.6 Å². The molecule has 2 aromatic heterocycles. The van der Waals surface area contributed by atoms with Gasteiger partial charge in [-0.25, -0.2) is 0 Å². The summed E-state index contributed by atoms with van der Waals surface area (Å²) in [6, 6.07) is 24.3. The van der Waals surface area contributed by atoms with Crippen molar-refractivity contribution in [2.75, 3.05) is 7.11 Å². The van der Waals surface area contributed by atoms with Gasteiger partial charge in [0.05, 0.1) is 12.8 Å². The number of pyridine rings is 2. The predicted molar refractivity (Wildman–Crippen MR) is 128 cm³/mol. The number of nitrogens with zero attached hydrogens (tertiary/aromatic N) is 2. The number of nitrogens with one attached hydrogen (secondary N) is 1. The van der Waals surface area contributed by atoms with E-state index < -0.39 is 0 Å². The zero-order valence-corrected chi connectivity index (χ0v) is 18.1. The van der Waals surface area contributed by atoms with Gasteiger partial charge in [0.25, 0.3) is 5.91 Å². The highest BCUT2D eigenvalue weighted by molar-refractivity contribution is 5.92. The van der Waals surface area contributed by atoms with Crippen molar-refractivity contribution in [3.05, 3.63) is 114 Å². The zero-order valence-electron chi connectivity index (χ0n) is 18.1. The van der Waals surface area contributed by atoms with Gasteiger partial charge < -0.3 is 14.8 Å². The van der Waals surface area contributed by atoms with Gasteiger partial charge >= 0.3 is 0 Å². The van der Waals surface area contributed by atoms with Crippen LogP contribution in [0, 0.1) is 0 Å². The molecule has 1 N–H and O–H groups in total. The van der Waals surface area contributed by atoms with Crippen LogP contribution in [0.4, 0.5) is 0 Å². The van der Waals surface area contributed by atoms with E-state index in [-0.39, 0.29) is 11.6 Å². The number of hydrogen-bond donors (Lipinski definition) is 1. The Morgan fingerprint density at radius 2 is 1.64 bits per heavy atom. The van der Waals surface area contributed by atoms with Crippen LogP contribution < -0.4 is 14.8 Å². The molecule has 0 aliphatic heterocycles. The van der Waals surface area contributed by atoms with Gasteiger partial charge in [-0.15, -0.1) is 0 Å². The van der Waals surface area contributed by atoms with Gasteiger partial charge in [-0.3, -0.25) is 14.8 Å². The molecule has 0 bridgehead atoms. The Labute approximate surface area is 192 Å². The van der Waals surface area contributed by atoms with E-state index in [9.17, 15) is 4.79 Å². The van der Waals surface area contributed by atoms with Gasteiger partial charge in [0.15, 0.2) is 0 Å². The lowest BCUT2D eigenvalue weighted by Crippen LogP contribution is -2.23. The molecule has 6 heteroatoms. The standard InChI is InChI=1S/C27H23N3O3/c1-32-23-11-8-21(9-12-23)19-30-27(31)26-18-25(15-17-29-26)33-24-13-6-20(7-14-24)5-10-22-4-2-3-16-28-22/h2-18H,19H2,1H3,(H,30,31)/b10-5+. The molecule has 2 heterocycles. The van der Waals surface area contributed by atoms with Gasteiger partial charge in [-0.05, 0) is 59.7 Å². The molecule has 0 saturated carbocycles. The van der Waals surface area contributed by atoms with E-state index in [0.717, 1.165) is 22.6 Å². The molecule has 0 radical (unpaired) electrons. The summed E-state index contributed by atoms with van der Waals surface area (Å²) in [5, 5.41) is 2.87. The van der Waals surface area contributed by atoms with Gasteiger partial charge in [-0.2, -0.15) is 0 Å². The fourth-order valence-electron chi connectivity index (χ4n) is 3.05. The fourth-order valence-corrected chi connectivity index (χ4v) is 3.05. The summed E-state index contributed by atoms with van der Waals surface area (Å²) in [5.41, 5.74) is 3.18. The number of benzene rings is 2. The predicted octanol–water partition coefficient (Wildman–Crippen LogP) is 5.38. The SMILES string of the molecule is COc1ccc(CNC(=O)c2cc(Oc3ccc(/C=C/c4ccccn4)cc3)ccn2)cc1. The van der Waals surface area contributed by atoms with Crippen molar-refractivity contribution in [1.82, 2.24) is 15.3 Å². The first kappa shape index (κ1) is 21.8. The first-order valence-corrected chi connectivity index (χ1v) is 10.4. The van der Waals surface area contributed by atoms with Crippen molar-refractivity contribution in [2.24, 2.45) is 0 Å². The van der Waals surface area contributed by atoms with Crippen molar-refractivity contribution < 1.29 is 14.3 Å². The Balaban J connectivity index is 1.35. The molecule has 33 heavy (non-hydrogen) atoms. The van der Waals surface area contributed by atoms with E-state index in [1.807, 2.05) is 78.9 Å². The first-order valence-electron chi connectivity index (χ1n) is 10.4. The molecule has 164 valence electrons. The number of hydrogen-bond acceptors (Lipinski definition) is 5. The molecule has 0 unspecified atom stereocenters. The Hall–Kier alpha value is -4.45. The molecule has 6 nitrogen and oxygen atoms in total. The number of carbonyl (C=O) groups is 1. The smallest absolute Gasteiger partial charge is 0.270 e. The Bertz CT molecular complexity index is 1220. The molecule has 0 aliphatic carbocycles. The second-order valence-electron chi connectivity index (χ2n) is 7.17. The summed E-state index contributed by atoms with van der Waals surface area (Å²) < 4.78 is 11.1. The van der Waals surface area contributed by atoms with Crippen molar-refractivity contribution in [2.45, 2.75) is 6.54 Å².